The number of nitrogens with two attached hydrogens (primary N) is 1. The second kappa shape index (κ2) is 7.29. The van der Waals surface area contributed by atoms with E-state index in [2.05, 4.69) is 10.3 Å². The van der Waals surface area contributed by atoms with E-state index in [0.717, 1.165) is 19.4 Å². The van der Waals surface area contributed by atoms with E-state index in [1.807, 2.05) is 13.8 Å². The summed E-state index contributed by atoms with van der Waals surface area (Å²) in [4.78, 5) is 4.32. The lowest BCUT2D eigenvalue weighted by Crippen LogP contribution is -2.38. The first-order chi connectivity index (χ1) is 10.4. The fraction of sp³-hybridized carbons (Fsp3) is 0.562. The molecule has 1 heterocycles. The smallest absolute Gasteiger partial charge is 0.188 e. The first-order valence-corrected chi connectivity index (χ1v) is 7.88. The number of aliphatic imine (C=N–C) groups is 1. The highest BCUT2D eigenvalue weighted by Crippen LogP contribution is 2.32. The number of hydrogen-bond acceptors (Lipinski definition) is 2. The van der Waals surface area contributed by atoms with E-state index in [4.69, 9.17) is 22.1 Å². The van der Waals surface area contributed by atoms with Crippen LogP contribution in [0.5, 0.6) is 0 Å². The number of hydrogen-bond donors (Lipinski definition) is 2. The quantitative estimate of drug-likeness (QED) is 0.646. The van der Waals surface area contributed by atoms with Gasteiger partial charge in [-0.1, -0.05) is 31.5 Å². The molecule has 0 radical (unpaired) electrons. The van der Waals surface area contributed by atoms with Crippen molar-refractivity contribution in [3.05, 3.63) is 34.6 Å². The van der Waals surface area contributed by atoms with Crippen LogP contribution in [0.4, 0.5) is 4.39 Å². The number of ether oxygens (including phenoxy) is 1. The summed E-state index contributed by atoms with van der Waals surface area (Å²) in [5.74, 6) is 0.0228. The third-order valence-electron chi connectivity index (χ3n) is 3.82. The van der Waals surface area contributed by atoms with Crippen molar-refractivity contribution >= 4 is 17.6 Å². The van der Waals surface area contributed by atoms with Crippen molar-refractivity contribution in [1.82, 2.24) is 5.32 Å². The first kappa shape index (κ1) is 17.0. The fourth-order valence-electron chi connectivity index (χ4n) is 2.59. The summed E-state index contributed by atoms with van der Waals surface area (Å²) in [5, 5.41) is 3.46. The third kappa shape index (κ3) is 4.34. The number of nitrogens with one attached hydrogen (secondary N) is 1. The van der Waals surface area contributed by atoms with E-state index < -0.39 is 5.41 Å². The van der Waals surface area contributed by atoms with Gasteiger partial charge in [0, 0.05) is 29.2 Å². The Morgan fingerprint density at radius 3 is 2.95 bits per heavy atom. The Balaban J connectivity index is 1.97. The van der Waals surface area contributed by atoms with Crippen LogP contribution in [0.25, 0.3) is 0 Å². The normalized spacial score (nSPS) is 19.5. The number of halogens is 2. The predicted molar refractivity (Wildman–Crippen MR) is 87.9 cm³/mol. The molecule has 0 amide bonds. The zero-order chi connectivity index (χ0) is 16.2. The minimum Gasteiger partial charge on any atom is -0.376 e. The standard InChI is InChI=1S/C16H23ClFN3O/c1-16(2,14-12(17)6-3-7-13(14)18)10-21-15(19)20-9-11-5-4-8-22-11/h3,6-7,11H,4-5,8-10H2,1-2H3,(H3,19,20,21). The van der Waals surface area contributed by atoms with Crippen molar-refractivity contribution in [3.8, 4) is 0 Å². The van der Waals surface area contributed by atoms with Crippen LogP contribution in [0.1, 0.15) is 32.3 Å². The SMILES string of the molecule is CC(C)(CN=C(N)NCC1CCCO1)c1c(F)cccc1Cl. The van der Waals surface area contributed by atoms with Crippen LogP contribution in [0.3, 0.4) is 0 Å². The molecule has 3 N–H and O–H groups in total. The zero-order valence-corrected chi connectivity index (χ0v) is 13.8. The average molecular weight is 328 g/mol. The largest absolute Gasteiger partial charge is 0.376 e. The molecule has 1 aromatic carbocycles. The van der Waals surface area contributed by atoms with E-state index >= 15 is 0 Å². The molecule has 22 heavy (non-hydrogen) atoms. The maximum absolute atomic E-state index is 14.0. The van der Waals surface area contributed by atoms with Gasteiger partial charge in [-0.3, -0.25) is 4.99 Å². The van der Waals surface area contributed by atoms with Gasteiger partial charge in [0.05, 0.1) is 12.6 Å². The summed E-state index contributed by atoms with van der Waals surface area (Å²) < 4.78 is 19.5. The molecule has 2 rings (SSSR count). The molecule has 0 aromatic heterocycles. The molecular formula is C16H23ClFN3O. The first-order valence-electron chi connectivity index (χ1n) is 7.50. The summed E-state index contributed by atoms with van der Waals surface area (Å²) >= 11 is 6.12. The molecule has 1 unspecified atom stereocenters. The lowest BCUT2D eigenvalue weighted by Gasteiger charge is -2.25. The van der Waals surface area contributed by atoms with E-state index in [1.54, 1.807) is 12.1 Å². The summed E-state index contributed by atoms with van der Waals surface area (Å²) in [6.07, 6.45) is 2.32. The monoisotopic (exact) mass is 327 g/mol. The number of rotatable bonds is 5. The van der Waals surface area contributed by atoms with Gasteiger partial charge in [-0.2, -0.15) is 0 Å². The molecule has 122 valence electrons. The van der Waals surface area contributed by atoms with Crippen molar-refractivity contribution in [2.75, 3.05) is 19.7 Å². The lowest BCUT2D eigenvalue weighted by molar-refractivity contribution is 0.114. The van der Waals surface area contributed by atoms with Gasteiger partial charge < -0.3 is 15.8 Å². The van der Waals surface area contributed by atoms with Gasteiger partial charge in [0.2, 0.25) is 0 Å². The Bertz CT molecular complexity index is 522. The highest BCUT2D eigenvalue weighted by atomic mass is 35.5. The highest BCUT2D eigenvalue weighted by Gasteiger charge is 2.26. The van der Waals surface area contributed by atoms with Gasteiger partial charge in [0.1, 0.15) is 5.82 Å². The van der Waals surface area contributed by atoms with E-state index in [9.17, 15) is 4.39 Å². The van der Waals surface area contributed by atoms with Crippen LogP contribution in [-0.4, -0.2) is 31.8 Å². The van der Waals surface area contributed by atoms with Gasteiger partial charge in [-0.25, -0.2) is 4.39 Å². The molecule has 1 atom stereocenters. The zero-order valence-electron chi connectivity index (χ0n) is 13.0. The van der Waals surface area contributed by atoms with Crippen LogP contribution >= 0.6 is 11.6 Å². The Kier molecular flexibility index (Phi) is 5.64. The van der Waals surface area contributed by atoms with Gasteiger partial charge >= 0.3 is 0 Å². The van der Waals surface area contributed by atoms with Crippen LogP contribution < -0.4 is 11.1 Å². The minimum absolute atomic E-state index is 0.197. The fourth-order valence-corrected chi connectivity index (χ4v) is 3.00. The van der Waals surface area contributed by atoms with Crippen molar-refractivity contribution in [3.63, 3.8) is 0 Å². The van der Waals surface area contributed by atoms with Crippen molar-refractivity contribution < 1.29 is 9.13 Å². The summed E-state index contributed by atoms with van der Waals surface area (Å²) in [7, 11) is 0. The van der Waals surface area contributed by atoms with E-state index in [-0.39, 0.29) is 11.9 Å². The average Bonchev–Trinajstić information content (AvgIpc) is 2.96. The van der Waals surface area contributed by atoms with E-state index in [1.165, 1.54) is 6.07 Å². The van der Waals surface area contributed by atoms with Gasteiger partial charge in [-0.05, 0) is 25.0 Å². The molecule has 0 aliphatic carbocycles. The summed E-state index contributed by atoms with van der Waals surface area (Å²) in [6, 6.07) is 4.69. The molecule has 0 saturated carbocycles. The Morgan fingerprint density at radius 2 is 2.32 bits per heavy atom. The van der Waals surface area contributed by atoms with E-state index in [0.29, 0.717) is 29.6 Å². The summed E-state index contributed by atoms with van der Waals surface area (Å²) in [5.41, 5.74) is 5.79. The minimum atomic E-state index is -0.543. The van der Waals surface area contributed by atoms with Crippen LogP contribution in [0.2, 0.25) is 5.02 Å². The van der Waals surface area contributed by atoms with Gasteiger partial charge in [-0.15, -0.1) is 0 Å². The molecule has 4 nitrogen and oxygen atoms in total. The molecule has 0 bridgehead atoms. The predicted octanol–water partition coefficient (Wildman–Crippen LogP) is 2.84. The lowest BCUT2D eigenvalue weighted by atomic mass is 9.84. The number of benzene rings is 1. The molecule has 1 fully saturated rings. The Morgan fingerprint density at radius 1 is 1.55 bits per heavy atom. The topological polar surface area (TPSA) is 59.6 Å². The second-order valence-corrected chi connectivity index (χ2v) is 6.61. The number of guanidine groups is 1. The maximum Gasteiger partial charge on any atom is 0.188 e. The molecule has 0 spiro atoms. The van der Waals surface area contributed by atoms with Crippen LogP contribution in [-0.2, 0) is 10.2 Å². The summed E-state index contributed by atoms with van der Waals surface area (Å²) in [6.45, 7) is 5.60. The maximum atomic E-state index is 14.0. The van der Waals surface area contributed by atoms with Crippen molar-refractivity contribution in [2.45, 2.75) is 38.2 Å². The molecular weight excluding hydrogens is 305 g/mol. The van der Waals surface area contributed by atoms with Crippen LogP contribution in [0.15, 0.2) is 23.2 Å². The van der Waals surface area contributed by atoms with Crippen molar-refractivity contribution in [1.29, 1.82) is 0 Å². The van der Waals surface area contributed by atoms with Crippen molar-refractivity contribution in [2.24, 2.45) is 10.7 Å². The molecule has 6 heteroatoms. The van der Waals surface area contributed by atoms with Gasteiger partial charge in [0.25, 0.3) is 0 Å². The second-order valence-electron chi connectivity index (χ2n) is 6.20. The molecule has 1 aliphatic heterocycles. The Hall–Kier alpha value is -1.33. The Labute approximate surface area is 135 Å². The molecule has 1 aromatic rings. The number of nitrogens with zero attached hydrogens (tertiary/aromatic N) is 1. The highest BCUT2D eigenvalue weighted by molar-refractivity contribution is 6.31. The van der Waals surface area contributed by atoms with Crippen LogP contribution in [0, 0.1) is 5.82 Å². The molecule has 1 saturated heterocycles. The third-order valence-corrected chi connectivity index (χ3v) is 4.13. The molecule has 1 aliphatic rings. The van der Waals surface area contributed by atoms with Gasteiger partial charge in [0.15, 0.2) is 5.96 Å².